The number of amides is 3. The van der Waals surface area contributed by atoms with Crippen molar-refractivity contribution in [3.05, 3.63) is 65.7 Å². The van der Waals surface area contributed by atoms with Crippen molar-refractivity contribution in [1.29, 1.82) is 0 Å². The number of rotatable bonds is 5. The van der Waals surface area contributed by atoms with Crippen LogP contribution in [0.25, 0.3) is 0 Å². The molecule has 2 aromatic rings. The second kappa shape index (κ2) is 9.14. The molecule has 1 unspecified atom stereocenters. The number of hydrogen-bond donors (Lipinski definition) is 1. The van der Waals surface area contributed by atoms with Gasteiger partial charge in [-0.1, -0.05) is 36.4 Å². The first kappa shape index (κ1) is 22.9. The Balaban J connectivity index is 2.05. The van der Waals surface area contributed by atoms with E-state index in [4.69, 9.17) is 4.74 Å². The van der Waals surface area contributed by atoms with Crippen molar-refractivity contribution in [3.63, 3.8) is 0 Å². The predicted molar refractivity (Wildman–Crippen MR) is 124 cm³/mol. The van der Waals surface area contributed by atoms with Crippen molar-refractivity contribution in [2.75, 3.05) is 16.9 Å². The summed E-state index contributed by atoms with van der Waals surface area (Å²) in [6.45, 7) is 5.26. The number of thioether (sulfide) groups is 1. The Hall–Kier alpha value is -2.80. The van der Waals surface area contributed by atoms with E-state index < -0.39 is 23.1 Å². The maximum absolute atomic E-state index is 13.8. The minimum atomic E-state index is -1.25. The summed E-state index contributed by atoms with van der Waals surface area (Å²) in [4.78, 5) is 41.0. The molecule has 0 fully saturated rings. The molecule has 3 rings (SSSR count). The standard InChI is InChI=1S/C24H28N2O4S/c1-23(2,3)30-22(29)26-19-13-9-8-12-18(19)16-24(21(26)28,14-15-31-4)25-20(27)17-10-6-5-7-11-17/h5-13H,14-16H2,1-4H3,(H,25,27). The molecule has 0 bridgehead atoms. The highest BCUT2D eigenvalue weighted by molar-refractivity contribution is 7.98. The van der Waals surface area contributed by atoms with E-state index in [1.807, 2.05) is 24.5 Å². The van der Waals surface area contributed by atoms with Crippen LogP contribution in [0.3, 0.4) is 0 Å². The van der Waals surface area contributed by atoms with Gasteiger partial charge in [-0.25, -0.2) is 9.69 Å². The van der Waals surface area contributed by atoms with Gasteiger partial charge in [-0.2, -0.15) is 11.8 Å². The molecular weight excluding hydrogens is 412 g/mol. The molecule has 1 aliphatic rings. The van der Waals surface area contributed by atoms with Gasteiger partial charge < -0.3 is 10.1 Å². The molecule has 0 spiro atoms. The van der Waals surface area contributed by atoms with Crippen LogP contribution in [-0.2, 0) is 16.0 Å². The third-order valence-corrected chi connectivity index (χ3v) is 5.65. The lowest BCUT2D eigenvalue weighted by molar-refractivity contribution is -0.125. The first-order valence-corrected chi connectivity index (χ1v) is 11.6. The number of hydrogen-bond acceptors (Lipinski definition) is 5. The summed E-state index contributed by atoms with van der Waals surface area (Å²) < 4.78 is 5.54. The quantitative estimate of drug-likeness (QED) is 0.744. The Kier molecular flexibility index (Phi) is 6.74. The highest BCUT2D eigenvalue weighted by Crippen LogP contribution is 2.36. The van der Waals surface area contributed by atoms with Gasteiger partial charge in [0.2, 0.25) is 0 Å². The van der Waals surface area contributed by atoms with E-state index >= 15 is 0 Å². The third-order valence-electron chi connectivity index (χ3n) is 5.04. The first-order valence-electron chi connectivity index (χ1n) is 10.2. The van der Waals surface area contributed by atoms with Crippen LogP contribution in [0.5, 0.6) is 0 Å². The Bertz CT molecular complexity index is 971. The van der Waals surface area contributed by atoms with Gasteiger partial charge in [-0.3, -0.25) is 9.59 Å². The van der Waals surface area contributed by atoms with Gasteiger partial charge >= 0.3 is 6.09 Å². The summed E-state index contributed by atoms with van der Waals surface area (Å²) in [5, 5.41) is 2.97. The largest absolute Gasteiger partial charge is 0.443 e. The summed E-state index contributed by atoms with van der Waals surface area (Å²) in [7, 11) is 0. The molecule has 0 saturated carbocycles. The number of nitrogens with zero attached hydrogens (tertiary/aromatic N) is 1. The number of carbonyl (C=O) groups excluding carboxylic acids is 3. The van der Waals surface area contributed by atoms with Gasteiger partial charge in [-0.05, 0) is 63.0 Å². The van der Waals surface area contributed by atoms with E-state index in [2.05, 4.69) is 5.32 Å². The summed E-state index contributed by atoms with van der Waals surface area (Å²) in [6.07, 6.45) is 1.89. The van der Waals surface area contributed by atoms with E-state index in [9.17, 15) is 14.4 Å². The highest BCUT2D eigenvalue weighted by Gasteiger charge is 2.50. The lowest BCUT2D eigenvalue weighted by Crippen LogP contribution is -2.65. The van der Waals surface area contributed by atoms with E-state index in [1.165, 1.54) is 0 Å². The van der Waals surface area contributed by atoms with Crippen LogP contribution < -0.4 is 10.2 Å². The Morgan fingerprint density at radius 1 is 1.10 bits per heavy atom. The van der Waals surface area contributed by atoms with Crippen molar-refractivity contribution < 1.29 is 19.1 Å². The average Bonchev–Trinajstić information content (AvgIpc) is 2.72. The van der Waals surface area contributed by atoms with Gasteiger partial charge in [-0.15, -0.1) is 0 Å². The molecule has 1 aliphatic heterocycles. The fourth-order valence-electron chi connectivity index (χ4n) is 3.60. The minimum Gasteiger partial charge on any atom is -0.443 e. The molecule has 1 heterocycles. The second-order valence-electron chi connectivity index (χ2n) is 8.57. The molecule has 6 nitrogen and oxygen atoms in total. The number of anilines is 1. The number of para-hydroxylation sites is 1. The minimum absolute atomic E-state index is 0.306. The number of carbonyl (C=O) groups is 3. The van der Waals surface area contributed by atoms with Gasteiger partial charge in [0.15, 0.2) is 0 Å². The van der Waals surface area contributed by atoms with Crippen LogP contribution in [0.15, 0.2) is 54.6 Å². The molecule has 1 atom stereocenters. The topological polar surface area (TPSA) is 75.7 Å². The first-order chi connectivity index (χ1) is 14.7. The molecule has 2 aromatic carbocycles. The van der Waals surface area contributed by atoms with Crippen LogP contribution in [0.1, 0.15) is 43.1 Å². The maximum atomic E-state index is 13.8. The summed E-state index contributed by atoms with van der Waals surface area (Å²) in [5.74, 6) is -0.178. The van der Waals surface area contributed by atoms with Crippen molar-refractivity contribution >= 4 is 35.4 Å². The Labute approximate surface area is 187 Å². The number of nitrogens with one attached hydrogen (secondary N) is 1. The van der Waals surface area contributed by atoms with Crippen molar-refractivity contribution in [2.24, 2.45) is 0 Å². The van der Waals surface area contributed by atoms with E-state index in [-0.39, 0.29) is 5.91 Å². The number of imide groups is 1. The SMILES string of the molecule is CSCCC1(NC(=O)c2ccccc2)Cc2ccccc2N(C(=O)OC(C)(C)C)C1=O. The van der Waals surface area contributed by atoms with Crippen LogP contribution in [-0.4, -0.2) is 41.1 Å². The molecule has 0 aromatic heterocycles. The molecule has 0 saturated heterocycles. The zero-order valence-electron chi connectivity index (χ0n) is 18.3. The summed E-state index contributed by atoms with van der Waals surface area (Å²) in [5.41, 5.74) is -0.250. The predicted octanol–water partition coefficient (Wildman–Crippen LogP) is 4.43. The fourth-order valence-corrected chi connectivity index (χ4v) is 4.15. The molecule has 7 heteroatoms. The monoisotopic (exact) mass is 440 g/mol. The van der Waals surface area contributed by atoms with Crippen molar-refractivity contribution in [2.45, 2.75) is 44.8 Å². The maximum Gasteiger partial charge on any atom is 0.421 e. The third kappa shape index (κ3) is 5.10. The molecule has 164 valence electrons. The van der Waals surface area contributed by atoms with Gasteiger partial charge in [0, 0.05) is 12.0 Å². The van der Waals surface area contributed by atoms with Gasteiger partial charge in [0.25, 0.3) is 11.8 Å². The number of benzene rings is 2. The van der Waals surface area contributed by atoms with Crippen LogP contribution in [0.4, 0.5) is 10.5 Å². The van der Waals surface area contributed by atoms with E-state index in [0.717, 1.165) is 10.5 Å². The smallest absolute Gasteiger partial charge is 0.421 e. The molecule has 0 radical (unpaired) electrons. The average molecular weight is 441 g/mol. The zero-order valence-corrected chi connectivity index (χ0v) is 19.1. The zero-order chi connectivity index (χ0) is 22.6. The number of ether oxygens (including phenoxy) is 1. The Morgan fingerprint density at radius 2 is 1.74 bits per heavy atom. The van der Waals surface area contributed by atoms with Gasteiger partial charge in [0.1, 0.15) is 11.1 Å². The highest BCUT2D eigenvalue weighted by atomic mass is 32.2. The number of fused-ring (bicyclic) bond motifs is 1. The van der Waals surface area contributed by atoms with Gasteiger partial charge in [0.05, 0.1) is 5.69 Å². The lowest BCUT2D eigenvalue weighted by Gasteiger charge is -2.42. The normalized spacial score (nSPS) is 18.3. The van der Waals surface area contributed by atoms with Crippen LogP contribution >= 0.6 is 11.8 Å². The molecular formula is C24H28N2O4S. The second-order valence-corrected chi connectivity index (χ2v) is 9.56. The van der Waals surface area contributed by atoms with Crippen LogP contribution in [0.2, 0.25) is 0 Å². The fraction of sp³-hybridized carbons (Fsp3) is 0.375. The molecule has 0 aliphatic carbocycles. The van der Waals surface area contributed by atoms with Crippen molar-refractivity contribution in [3.8, 4) is 0 Å². The molecule has 31 heavy (non-hydrogen) atoms. The Morgan fingerprint density at radius 3 is 2.39 bits per heavy atom. The van der Waals surface area contributed by atoms with Crippen molar-refractivity contribution in [1.82, 2.24) is 5.32 Å². The summed E-state index contributed by atoms with van der Waals surface area (Å²) >= 11 is 1.58. The molecule has 3 amide bonds. The van der Waals surface area contributed by atoms with E-state index in [0.29, 0.717) is 29.8 Å². The summed E-state index contributed by atoms with van der Waals surface area (Å²) in [6, 6.07) is 16.0. The molecule has 1 N–H and O–H groups in total. The van der Waals surface area contributed by atoms with E-state index in [1.54, 1.807) is 68.9 Å². The lowest BCUT2D eigenvalue weighted by atomic mass is 9.82. The van der Waals surface area contributed by atoms with Crippen LogP contribution in [0, 0.1) is 0 Å².